The molecule has 1 heterocycles. The van der Waals surface area contributed by atoms with Gasteiger partial charge in [0.1, 0.15) is 5.82 Å². The predicted molar refractivity (Wildman–Crippen MR) is 121 cm³/mol. The SMILES string of the molecule is CC.O=C1CC/C(=C2/CCCC2c2ccc(F)cc2)N1.OCc1cc(C(F)(F)F)cc(C(F)(F)F)c1. The van der Waals surface area contributed by atoms with Crippen LogP contribution in [0.3, 0.4) is 0 Å². The minimum absolute atomic E-state index is 0.0131. The molecule has 0 spiro atoms. The normalized spacial score (nSPS) is 19.7. The van der Waals surface area contributed by atoms with Crippen LogP contribution in [0.4, 0.5) is 30.7 Å². The topological polar surface area (TPSA) is 49.3 Å². The van der Waals surface area contributed by atoms with E-state index >= 15 is 0 Å². The van der Waals surface area contributed by atoms with Crippen molar-refractivity contribution in [2.75, 3.05) is 0 Å². The van der Waals surface area contributed by atoms with Crippen LogP contribution in [-0.4, -0.2) is 11.0 Å². The Kier molecular flexibility index (Phi) is 10.1. The smallest absolute Gasteiger partial charge is 0.392 e. The molecule has 2 N–H and O–H groups in total. The molecule has 2 fully saturated rings. The highest BCUT2D eigenvalue weighted by Gasteiger charge is 2.36. The minimum Gasteiger partial charge on any atom is -0.392 e. The summed E-state index contributed by atoms with van der Waals surface area (Å²) in [7, 11) is 0. The zero-order chi connectivity index (χ0) is 27.1. The van der Waals surface area contributed by atoms with Crippen LogP contribution in [0.5, 0.6) is 0 Å². The first-order chi connectivity index (χ1) is 16.9. The Morgan fingerprint density at radius 2 is 1.44 bits per heavy atom. The second-order valence-electron chi connectivity index (χ2n) is 8.12. The summed E-state index contributed by atoms with van der Waals surface area (Å²) in [6, 6.07) is 7.74. The molecule has 1 aliphatic heterocycles. The third-order valence-electron chi connectivity index (χ3n) is 5.74. The Bertz CT molecular complexity index is 1030. The number of nitrogens with one attached hydrogen (secondary N) is 1. The molecule has 1 saturated carbocycles. The van der Waals surface area contributed by atoms with Gasteiger partial charge in [-0.15, -0.1) is 0 Å². The molecule has 1 aliphatic carbocycles. The van der Waals surface area contributed by atoms with Gasteiger partial charge >= 0.3 is 12.4 Å². The fourth-order valence-electron chi connectivity index (χ4n) is 4.15. The molecule has 3 nitrogen and oxygen atoms in total. The van der Waals surface area contributed by atoms with Crippen molar-refractivity contribution >= 4 is 5.91 Å². The van der Waals surface area contributed by atoms with E-state index in [0.29, 0.717) is 24.5 Å². The molecule has 1 amide bonds. The van der Waals surface area contributed by atoms with E-state index in [1.807, 2.05) is 26.0 Å². The van der Waals surface area contributed by atoms with Crippen molar-refractivity contribution in [2.24, 2.45) is 0 Å². The number of hydrogen-bond acceptors (Lipinski definition) is 2. The second-order valence-corrected chi connectivity index (χ2v) is 8.12. The number of carbonyl (C=O) groups excluding carboxylic acids is 1. The van der Waals surface area contributed by atoms with Crippen molar-refractivity contribution in [1.29, 1.82) is 0 Å². The summed E-state index contributed by atoms with van der Waals surface area (Å²) >= 11 is 0. The number of hydrogen-bond donors (Lipinski definition) is 2. The van der Waals surface area contributed by atoms with Crippen molar-refractivity contribution in [3.05, 3.63) is 81.8 Å². The Morgan fingerprint density at radius 1 is 0.889 bits per heavy atom. The van der Waals surface area contributed by atoms with Crippen molar-refractivity contribution in [3.8, 4) is 0 Å². The zero-order valence-corrected chi connectivity index (χ0v) is 19.9. The Labute approximate surface area is 205 Å². The maximum Gasteiger partial charge on any atom is 0.416 e. The van der Waals surface area contributed by atoms with E-state index < -0.39 is 35.6 Å². The van der Waals surface area contributed by atoms with Crippen LogP contribution in [0.2, 0.25) is 0 Å². The Hall–Kier alpha value is -2.88. The molecule has 2 aliphatic rings. The van der Waals surface area contributed by atoms with Crippen molar-refractivity contribution < 1.29 is 40.6 Å². The third kappa shape index (κ3) is 7.81. The second kappa shape index (κ2) is 12.4. The summed E-state index contributed by atoms with van der Waals surface area (Å²) in [5.41, 5.74) is 0.358. The molecular weight excluding hydrogens is 491 g/mol. The van der Waals surface area contributed by atoms with Crippen LogP contribution >= 0.6 is 0 Å². The van der Waals surface area contributed by atoms with Gasteiger partial charge in [0.25, 0.3) is 0 Å². The lowest BCUT2D eigenvalue weighted by atomic mass is 9.92. The van der Waals surface area contributed by atoms with E-state index in [4.69, 9.17) is 5.11 Å². The summed E-state index contributed by atoms with van der Waals surface area (Å²) in [6.45, 7) is 3.12. The number of alkyl halides is 6. The number of benzene rings is 2. The largest absolute Gasteiger partial charge is 0.416 e. The van der Waals surface area contributed by atoms with E-state index in [1.54, 1.807) is 0 Å². The minimum atomic E-state index is -4.87. The van der Waals surface area contributed by atoms with Crippen LogP contribution in [0.1, 0.15) is 74.1 Å². The molecular formula is C26H28F7NO2. The maximum atomic E-state index is 13.0. The van der Waals surface area contributed by atoms with Crippen LogP contribution in [0, 0.1) is 5.82 Å². The summed E-state index contributed by atoms with van der Waals surface area (Å²) in [4.78, 5) is 11.3. The molecule has 0 bridgehead atoms. The fraction of sp³-hybridized carbons (Fsp3) is 0.423. The van der Waals surface area contributed by atoms with Gasteiger partial charge < -0.3 is 10.4 Å². The number of amides is 1. The molecule has 0 aromatic heterocycles. The summed E-state index contributed by atoms with van der Waals surface area (Å²) in [5, 5.41) is 11.6. The molecule has 2 aromatic rings. The summed E-state index contributed by atoms with van der Waals surface area (Å²) < 4.78 is 86.3. The Morgan fingerprint density at radius 3 is 1.89 bits per heavy atom. The fourth-order valence-corrected chi connectivity index (χ4v) is 4.15. The third-order valence-corrected chi connectivity index (χ3v) is 5.74. The highest BCUT2D eigenvalue weighted by molar-refractivity contribution is 5.81. The van der Waals surface area contributed by atoms with Gasteiger partial charge in [-0.05, 0) is 72.7 Å². The van der Waals surface area contributed by atoms with Gasteiger partial charge in [0.15, 0.2) is 0 Å². The molecule has 10 heteroatoms. The summed E-state index contributed by atoms with van der Waals surface area (Å²) in [6.07, 6.45) is -4.99. The van der Waals surface area contributed by atoms with Gasteiger partial charge in [-0.2, -0.15) is 26.3 Å². The molecule has 2 aromatic carbocycles. The lowest BCUT2D eigenvalue weighted by Gasteiger charge is -2.15. The van der Waals surface area contributed by atoms with Gasteiger partial charge in [-0.1, -0.05) is 26.0 Å². The average Bonchev–Trinajstić information content (AvgIpc) is 3.49. The lowest BCUT2D eigenvalue weighted by molar-refractivity contribution is -0.143. The first kappa shape index (κ1) is 29.4. The number of aliphatic hydroxyl groups excluding tert-OH is 1. The molecule has 36 heavy (non-hydrogen) atoms. The van der Waals surface area contributed by atoms with E-state index in [1.165, 1.54) is 17.7 Å². The number of rotatable bonds is 2. The molecule has 1 unspecified atom stereocenters. The van der Waals surface area contributed by atoms with Gasteiger partial charge in [0.2, 0.25) is 5.91 Å². The quantitative estimate of drug-likeness (QED) is 0.404. The number of aliphatic hydroxyl groups is 1. The first-order valence-electron chi connectivity index (χ1n) is 11.5. The molecule has 0 radical (unpaired) electrons. The maximum absolute atomic E-state index is 13.0. The standard InChI is InChI=1S/C15H16FNO.C9H6F6O.C2H6/c16-11-6-4-10(5-7-11)12-2-1-3-13(12)14-8-9-15(18)17-14;10-8(11,12)6-1-5(4-16)2-7(3-6)9(13,14)15;1-2/h4-7,12H,1-3,8-9H2,(H,17,18);1-3,16H,4H2;1-2H3/b14-13+;;. The van der Waals surface area contributed by atoms with Gasteiger partial charge in [0.05, 0.1) is 17.7 Å². The molecule has 198 valence electrons. The highest BCUT2D eigenvalue weighted by atomic mass is 19.4. The highest BCUT2D eigenvalue weighted by Crippen LogP contribution is 2.42. The van der Waals surface area contributed by atoms with E-state index in [2.05, 4.69) is 5.32 Å². The van der Waals surface area contributed by atoms with Gasteiger partial charge in [-0.3, -0.25) is 4.79 Å². The lowest BCUT2D eigenvalue weighted by Crippen LogP contribution is -2.14. The molecule has 1 atom stereocenters. The van der Waals surface area contributed by atoms with Crippen LogP contribution in [0.25, 0.3) is 0 Å². The molecule has 1 saturated heterocycles. The molecule has 4 rings (SSSR count). The van der Waals surface area contributed by atoms with Crippen LogP contribution < -0.4 is 5.32 Å². The van der Waals surface area contributed by atoms with Crippen molar-refractivity contribution in [3.63, 3.8) is 0 Å². The van der Waals surface area contributed by atoms with E-state index in [0.717, 1.165) is 36.9 Å². The number of allylic oxidation sites excluding steroid dienone is 2. The average molecular weight is 520 g/mol. The number of carbonyl (C=O) groups is 1. The summed E-state index contributed by atoms with van der Waals surface area (Å²) in [5.74, 6) is 0.293. The van der Waals surface area contributed by atoms with Crippen molar-refractivity contribution in [1.82, 2.24) is 5.32 Å². The van der Waals surface area contributed by atoms with E-state index in [9.17, 15) is 35.5 Å². The van der Waals surface area contributed by atoms with Crippen LogP contribution in [-0.2, 0) is 23.8 Å². The van der Waals surface area contributed by atoms with Gasteiger partial charge in [-0.25, -0.2) is 4.39 Å². The number of halogens is 7. The first-order valence-corrected chi connectivity index (χ1v) is 11.5. The van der Waals surface area contributed by atoms with Gasteiger partial charge in [0, 0.05) is 18.0 Å². The zero-order valence-electron chi connectivity index (χ0n) is 19.9. The van der Waals surface area contributed by atoms with E-state index in [-0.39, 0.29) is 17.8 Å². The monoisotopic (exact) mass is 519 g/mol. The van der Waals surface area contributed by atoms with Crippen LogP contribution in [0.15, 0.2) is 53.7 Å². The van der Waals surface area contributed by atoms with Crippen molar-refractivity contribution in [2.45, 2.75) is 70.8 Å². The Balaban J connectivity index is 0.000000239. The predicted octanol–water partition coefficient (Wildman–Crippen LogP) is 7.50.